The Balaban J connectivity index is 2.19. The van der Waals surface area contributed by atoms with E-state index in [0.717, 1.165) is 16.7 Å². The van der Waals surface area contributed by atoms with E-state index in [-0.39, 0.29) is 11.3 Å². The van der Waals surface area contributed by atoms with Crippen molar-refractivity contribution < 1.29 is 19.4 Å². The normalized spacial score (nSPS) is 18.1. The highest BCUT2D eigenvalue weighted by atomic mass is 16.5. The van der Waals surface area contributed by atoms with Crippen LogP contribution in [0.25, 0.3) is 5.76 Å². The lowest BCUT2D eigenvalue weighted by atomic mass is 9.93. The van der Waals surface area contributed by atoms with Crippen LogP contribution in [0.2, 0.25) is 0 Å². The van der Waals surface area contributed by atoms with Gasteiger partial charge in [0.1, 0.15) is 11.5 Å². The Morgan fingerprint density at radius 2 is 1.87 bits per heavy atom. The number of amides is 1. The molecule has 1 unspecified atom stereocenters. The minimum atomic E-state index is -0.680. The lowest BCUT2D eigenvalue weighted by Crippen LogP contribution is -2.35. The second kappa shape index (κ2) is 9.35. The number of aliphatic hydroxyl groups is 1. The Bertz CT molecular complexity index is 1030. The summed E-state index contributed by atoms with van der Waals surface area (Å²) >= 11 is 0. The van der Waals surface area contributed by atoms with Crippen LogP contribution in [-0.4, -0.2) is 60.4 Å². The van der Waals surface area contributed by atoms with Gasteiger partial charge in [-0.2, -0.15) is 0 Å². The smallest absolute Gasteiger partial charge is 0.295 e. The lowest BCUT2D eigenvalue weighted by Gasteiger charge is -2.27. The van der Waals surface area contributed by atoms with E-state index in [2.05, 4.69) is 0 Å². The third-order valence-corrected chi connectivity index (χ3v) is 5.46. The molecule has 0 spiro atoms. The fourth-order valence-corrected chi connectivity index (χ4v) is 3.84. The maximum Gasteiger partial charge on any atom is 0.295 e. The van der Waals surface area contributed by atoms with Gasteiger partial charge in [0, 0.05) is 18.7 Å². The van der Waals surface area contributed by atoms with Crippen LogP contribution in [0.5, 0.6) is 5.75 Å². The molecular formula is C25H30N2O4. The average molecular weight is 423 g/mol. The molecule has 2 aromatic carbocycles. The Labute approximate surface area is 183 Å². The molecule has 6 nitrogen and oxygen atoms in total. The lowest BCUT2D eigenvalue weighted by molar-refractivity contribution is -0.140. The van der Waals surface area contributed by atoms with Crippen LogP contribution < -0.4 is 4.74 Å². The zero-order chi connectivity index (χ0) is 22.7. The molecule has 1 aliphatic heterocycles. The summed E-state index contributed by atoms with van der Waals surface area (Å²) in [6, 6.07) is 12.4. The maximum atomic E-state index is 13.1. The molecule has 1 heterocycles. The van der Waals surface area contributed by atoms with Crippen LogP contribution in [0, 0.1) is 13.8 Å². The molecule has 1 atom stereocenters. The van der Waals surface area contributed by atoms with E-state index in [0.29, 0.717) is 31.0 Å². The number of aliphatic hydroxyl groups excluding tert-OH is 1. The third kappa shape index (κ3) is 4.64. The molecule has 0 saturated carbocycles. The molecule has 164 valence electrons. The second-order valence-electron chi connectivity index (χ2n) is 8.12. The van der Waals surface area contributed by atoms with Crippen LogP contribution in [0.15, 0.2) is 48.0 Å². The number of rotatable bonds is 7. The number of benzene rings is 2. The average Bonchev–Trinajstić information content (AvgIpc) is 2.98. The Kier molecular flexibility index (Phi) is 6.81. The topological polar surface area (TPSA) is 70.1 Å². The maximum absolute atomic E-state index is 13.1. The summed E-state index contributed by atoms with van der Waals surface area (Å²) in [6.45, 7) is 7.17. The van der Waals surface area contributed by atoms with Crippen LogP contribution >= 0.6 is 0 Å². The summed E-state index contributed by atoms with van der Waals surface area (Å²) in [5, 5.41) is 11.3. The van der Waals surface area contributed by atoms with Crippen LogP contribution in [-0.2, 0) is 9.59 Å². The zero-order valence-electron chi connectivity index (χ0n) is 18.8. The van der Waals surface area contributed by atoms with Crippen molar-refractivity contribution in [1.82, 2.24) is 9.80 Å². The molecule has 0 aromatic heterocycles. The Morgan fingerprint density at radius 3 is 2.55 bits per heavy atom. The standard InChI is InChI=1S/C25H30N2O4/c1-6-31-19-9-7-8-18(15-19)22-21(23(28)20-14-16(2)10-11-17(20)3)24(29)25(30)27(22)13-12-26(4)5/h7-11,14-15,22,28H,6,12-13H2,1-5H3/b23-21+. The van der Waals surface area contributed by atoms with E-state index < -0.39 is 17.7 Å². The first kappa shape index (κ1) is 22.6. The number of Topliss-reactive ketones (excluding diaryl/α,β-unsaturated/α-hetero) is 1. The van der Waals surface area contributed by atoms with Gasteiger partial charge in [-0.3, -0.25) is 9.59 Å². The summed E-state index contributed by atoms with van der Waals surface area (Å²) in [4.78, 5) is 29.6. The number of carbonyl (C=O) groups is 2. The predicted octanol–water partition coefficient (Wildman–Crippen LogP) is 3.69. The number of hydrogen-bond acceptors (Lipinski definition) is 5. The highest BCUT2D eigenvalue weighted by Gasteiger charge is 2.46. The van der Waals surface area contributed by atoms with Crippen molar-refractivity contribution in [3.63, 3.8) is 0 Å². The summed E-state index contributed by atoms with van der Waals surface area (Å²) in [5.74, 6) is -0.742. The van der Waals surface area contributed by atoms with E-state index in [1.54, 1.807) is 4.90 Å². The van der Waals surface area contributed by atoms with Crippen LogP contribution in [0.4, 0.5) is 0 Å². The number of ketones is 1. The van der Waals surface area contributed by atoms with Gasteiger partial charge in [-0.25, -0.2) is 0 Å². The van der Waals surface area contributed by atoms with Crippen molar-refractivity contribution in [3.05, 3.63) is 70.3 Å². The largest absolute Gasteiger partial charge is 0.507 e. The predicted molar refractivity (Wildman–Crippen MR) is 121 cm³/mol. The molecule has 2 aromatic rings. The minimum absolute atomic E-state index is 0.117. The molecule has 1 aliphatic rings. The fourth-order valence-electron chi connectivity index (χ4n) is 3.84. The van der Waals surface area contributed by atoms with Gasteiger partial charge < -0.3 is 19.6 Å². The highest BCUT2D eigenvalue weighted by molar-refractivity contribution is 6.46. The van der Waals surface area contributed by atoms with Crippen molar-refractivity contribution in [3.8, 4) is 5.75 Å². The van der Waals surface area contributed by atoms with Crippen LogP contribution in [0.1, 0.15) is 35.2 Å². The highest BCUT2D eigenvalue weighted by Crippen LogP contribution is 2.40. The molecule has 6 heteroatoms. The number of nitrogens with zero attached hydrogens (tertiary/aromatic N) is 2. The van der Waals surface area contributed by atoms with Crippen molar-refractivity contribution in [2.24, 2.45) is 0 Å². The third-order valence-electron chi connectivity index (χ3n) is 5.46. The first-order valence-electron chi connectivity index (χ1n) is 10.5. The summed E-state index contributed by atoms with van der Waals surface area (Å²) in [7, 11) is 3.83. The summed E-state index contributed by atoms with van der Waals surface area (Å²) in [5.41, 5.74) is 3.21. The van der Waals surface area contributed by atoms with Crippen molar-refractivity contribution in [1.29, 1.82) is 0 Å². The van der Waals surface area contributed by atoms with Crippen molar-refractivity contribution in [2.75, 3.05) is 33.8 Å². The molecule has 31 heavy (non-hydrogen) atoms. The quantitative estimate of drug-likeness (QED) is 0.419. The molecule has 3 rings (SSSR count). The number of likely N-dealkylation sites (tertiary alicyclic amines) is 1. The van der Waals surface area contributed by atoms with E-state index in [1.807, 2.05) is 82.2 Å². The van der Waals surface area contributed by atoms with Gasteiger partial charge >= 0.3 is 0 Å². The summed E-state index contributed by atoms with van der Waals surface area (Å²) in [6.07, 6.45) is 0. The number of hydrogen-bond donors (Lipinski definition) is 1. The number of likely N-dealkylation sites (N-methyl/N-ethyl adjacent to an activating group) is 1. The van der Waals surface area contributed by atoms with Gasteiger partial charge in [0.2, 0.25) is 0 Å². The van der Waals surface area contributed by atoms with Crippen molar-refractivity contribution >= 4 is 17.4 Å². The van der Waals surface area contributed by atoms with Gasteiger partial charge in [0.15, 0.2) is 0 Å². The van der Waals surface area contributed by atoms with E-state index in [4.69, 9.17) is 4.74 Å². The van der Waals surface area contributed by atoms with Gasteiger partial charge in [-0.05, 0) is 64.2 Å². The van der Waals surface area contributed by atoms with Gasteiger partial charge in [-0.15, -0.1) is 0 Å². The van der Waals surface area contributed by atoms with Gasteiger partial charge in [0.25, 0.3) is 11.7 Å². The summed E-state index contributed by atoms with van der Waals surface area (Å²) < 4.78 is 5.63. The van der Waals surface area contributed by atoms with E-state index in [1.165, 1.54) is 0 Å². The molecule has 1 saturated heterocycles. The minimum Gasteiger partial charge on any atom is -0.507 e. The number of ether oxygens (including phenoxy) is 1. The second-order valence-corrected chi connectivity index (χ2v) is 8.12. The molecule has 0 radical (unpaired) electrons. The van der Waals surface area contributed by atoms with E-state index in [9.17, 15) is 14.7 Å². The molecule has 0 bridgehead atoms. The first-order valence-corrected chi connectivity index (χ1v) is 10.5. The molecule has 1 N–H and O–H groups in total. The molecule has 1 fully saturated rings. The van der Waals surface area contributed by atoms with Gasteiger partial charge in [0.05, 0.1) is 18.2 Å². The van der Waals surface area contributed by atoms with E-state index >= 15 is 0 Å². The van der Waals surface area contributed by atoms with Crippen LogP contribution in [0.3, 0.4) is 0 Å². The number of carbonyl (C=O) groups excluding carboxylic acids is 2. The Hall–Kier alpha value is -3.12. The SMILES string of the molecule is CCOc1cccc(C2/C(=C(\O)c3cc(C)ccc3C)C(=O)C(=O)N2CCN(C)C)c1. The zero-order valence-corrected chi connectivity index (χ0v) is 18.8. The first-order chi connectivity index (χ1) is 14.7. The Morgan fingerprint density at radius 1 is 1.13 bits per heavy atom. The molecular weight excluding hydrogens is 392 g/mol. The number of aryl methyl sites for hydroxylation is 2. The van der Waals surface area contributed by atoms with Gasteiger partial charge in [-0.1, -0.05) is 29.8 Å². The van der Waals surface area contributed by atoms with Crippen molar-refractivity contribution in [2.45, 2.75) is 26.8 Å². The molecule has 0 aliphatic carbocycles. The molecule has 1 amide bonds. The monoisotopic (exact) mass is 422 g/mol. The fraction of sp³-hybridized carbons (Fsp3) is 0.360.